The Labute approximate surface area is 120 Å². The van der Waals surface area contributed by atoms with Crippen LogP contribution in [0.2, 0.25) is 0 Å². The maximum absolute atomic E-state index is 9.82. The first-order valence-electron chi connectivity index (χ1n) is 6.10. The molecule has 1 rings (SSSR count). The molecule has 3 N–H and O–H groups in total. The second-order valence-corrected chi connectivity index (χ2v) is 5.82. The lowest BCUT2D eigenvalue weighted by molar-refractivity contribution is 0.0423. The van der Waals surface area contributed by atoms with Gasteiger partial charge in [-0.3, -0.25) is 4.90 Å². The van der Waals surface area contributed by atoms with Gasteiger partial charge in [-0.2, -0.15) is 0 Å². The van der Waals surface area contributed by atoms with Gasteiger partial charge in [0.2, 0.25) is 0 Å². The molecule has 4 nitrogen and oxygen atoms in total. The first-order valence-corrected chi connectivity index (χ1v) is 6.51. The van der Waals surface area contributed by atoms with Crippen LogP contribution in [0, 0.1) is 0 Å². The molecule has 0 heterocycles. The van der Waals surface area contributed by atoms with Crippen molar-refractivity contribution < 1.29 is 9.84 Å². The maximum atomic E-state index is 9.82. The number of methoxy groups -OCH3 is 1. The Balaban J connectivity index is 2.91. The Morgan fingerprint density at radius 3 is 2.58 bits per heavy atom. The predicted molar refractivity (Wildman–Crippen MR) is 81.5 cm³/mol. The lowest BCUT2D eigenvalue weighted by atomic mass is 10.1. The van der Waals surface area contributed by atoms with E-state index >= 15 is 0 Å². The number of hydrogen-bond donors (Lipinski definition) is 2. The van der Waals surface area contributed by atoms with E-state index in [-0.39, 0.29) is 0 Å². The van der Waals surface area contributed by atoms with Gasteiger partial charge in [0.05, 0.1) is 12.7 Å². The highest BCUT2D eigenvalue weighted by Crippen LogP contribution is 2.22. The van der Waals surface area contributed by atoms with Crippen LogP contribution in [0.4, 0.5) is 0 Å². The minimum atomic E-state index is -0.733. The largest absolute Gasteiger partial charge is 0.496 e. The van der Waals surface area contributed by atoms with Gasteiger partial charge in [0, 0.05) is 24.2 Å². The third-order valence-corrected chi connectivity index (χ3v) is 2.90. The first kappa shape index (κ1) is 15.9. The molecule has 0 atom stereocenters. The van der Waals surface area contributed by atoms with Gasteiger partial charge in [-0.1, -0.05) is 12.2 Å². The molecule has 0 bridgehead atoms. The van der Waals surface area contributed by atoms with Crippen molar-refractivity contribution in [1.29, 1.82) is 0 Å². The molecular weight excluding hydrogens is 260 g/mol. The summed E-state index contributed by atoms with van der Waals surface area (Å²) in [5.41, 5.74) is 6.73. The highest BCUT2D eigenvalue weighted by Gasteiger charge is 2.17. The van der Waals surface area contributed by atoms with E-state index in [1.54, 1.807) is 21.0 Å². The van der Waals surface area contributed by atoms with Gasteiger partial charge in [0.25, 0.3) is 0 Å². The Kier molecular flexibility index (Phi) is 5.29. The topological polar surface area (TPSA) is 58.7 Å². The quantitative estimate of drug-likeness (QED) is 0.775. The molecule has 0 aliphatic rings. The van der Waals surface area contributed by atoms with Crippen molar-refractivity contribution in [3.63, 3.8) is 0 Å². The fraction of sp³-hybridized carbons (Fsp3) is 0.500. The first-order chi connectivity index (χ1) is 8.73. The highest BCUT2D eigenvalue weighted by atomic mass is 32.1. The lowest BCUT2D eigenvalue weighted by Gasteiger charge is -2.26. The minimum absolute atomic E-state index is 0.369. The Bertz CT molecular complexity index is 455. The van der Waals surface area contributed by atoms with Gasteiger partial charge in [-0.15, -0.1) is 0 Å². The number of benzene rings is 1. The van der Waals surface area contributed by atoms with E-state index in [1.165, 1.54) is 0 Å². The molecule has 0 saturated heterocycles. The minimum Gasteiger partial charge on any atom is -0.496 e. The average molecular weight is 282 g/mol. The van der Waals surface area contributed by atoms with Crippen LogP contribution in [0.25, 0.3) is 0 Å². The number of aliphatic hydroxyl groups is 1. The van der Waals surface area contributed by atoms with E-state index in [0.29, 0.717) is 18.1 Å². The number of rotatable bonds is 6. The number of thiocarbonyl (C=S) groups is 1. The molecule has 0 unspecified atom stereocenters. The molecule has 0 saturated carbocycles. The Morgan fingerprint density at radius 1 is 1.47 bits per heavy atom. The van der Waals surface area contributed by atoms with Crippen molar-refractivity contribution in [2.24, 2.45) is 5.73 Å². The summed E-state index contributed by atoms with van der Waals surface area (Å²) in [6, 6.07) is 5.64. The van der Waals surface area contributed by atoms with Crippen LogP contribution in [0.5, 0.6) is 5.75 Å². The molecule has 0 amide bonds. The molecule has 0 aliphatic carbocycles. The van der Waals surface area contributed by atoms with Gasteiger partial charge in [-0.25, -0.2) is 0 Å². The Morgan fingerprint density at radius 2 is 2.11 bits per heavy atom. The van der Waals surface area contributed by atoms with E-state index in [1.807, 2.05) is 30.1 Å². The van der Waals surface area contributed by atoms with Gasteiger partial charge in [-0.05, 0) is 39.1 Å². The third kappa shape index (κ3) is 5.14. The van der Waals surface area contributed by atoms with E-state index in [4.69, 9.17) is 22.7 Å². The molecular formula is C14H22N2O2S. The predicted octanol–water partition coefficient (Wildman–Crippen LogP) is 1.53. The molecule has 106 valence electrons. The zero-order valence-electron chi connectivity index (χ0n) is 11.9. The molecule has 0 fully saturated rings. The monoisotopic (exact) mass is 282 g/mol. The smallest absolute Gasteiger partial charge is 0.123 e. The summed E-state index contributed by atoms with van der Waals surface area (Å²) < 4.78 is 5.34. The molecule has 5 heteroatoms. The van der Waals surface area contributed by atoms with Gasteiger partial charge in [0.1, 0.15) is 10.7 Å². The van der Waals surface area contributed by atoms with Crippen LogP contribution in [-0.4, -0.2) is 41.3 Å². The van der Waals surface area contributed by atoms with E-state index in [2.05, 4.69) is 0 Å². The number of ether oxygens (including phenoxy) is 1. The van der Waals surface area contributed by atoms with Crippen LogP contribution >= 0.6 is 12.2 Å². The number of likely N-dealkylation sites (N-methyl/N-ethyl adjacent to an activating group) is 1. The number of nitrogens with two attached hydrogens (primary N) is 1. The lowest BCUT2D eigenvalue weighted by Crippen LogP contribution is -2.35. The number of hydrogen-bond acceptors (Lipinski definition) is 4. The molecule has 0 aromatic heterocycles. The highest BCUT2D eigenvalue weighted by molar-refractivity contribution is 7.80. The van der Waals surface area contributed by atoms with E-state index in [9.17, 15) is 5.11 Å². The molecule has 0 spiro atoms. The normalized spacial score (nSPS) is 11.7. The van der Waals surface area contributed by atoms with E-state index in [0.717, 1.165) is 16.9 Å². The van der Waals surface area contributed by atoms with Crippen LogP contribution in [0.1, 0.15) is 25.0 Å². The standard InChI is InChI=1S/C14H22N2O2S/c1-14(2,17)9-16(3)8-11-7-10(13(15)19)5-6-12(11)18-4/h5-7,17H,8-9H2,1-4H3,(H2,15,19). The molecule has 0 radical (unpaired) electrons. The second kappa shape index (κ2) is 6.32. The summed E-state index contributed by atoms with van der Waals surface area (Å²) >= 11 is 4.99. The van der Waals surface area contributed by atoms with Gasteiger partial charge >= 0.3 is 0 Å². The third-order valence-electron chi connectivity index (χ3n) is 2.66. The average Bonchev–Trinajstić information content (AvgIpc) is 2.26. The van der Waals surface area contributed by atoms with Crippen molar-refractivity contribution in [3.8, 4) is 5.75 Å². The number of nitrogens with zero attached hydrogens (tertiary/aromatic N) is 1. The summed E-state index contributed by atoms with van der Waals surface area (Å²) in [6.07, 6.45) is 0. The van der Waals surface area contributed by atoms with Crippen molar-refractivity contribution in [3.05, 3.63) is 29.3 Å². The molecule has 1 aromatic carbocycles. The maximum Gasteiger partial charge on any atom is 0.123 e. The van der Waals surface area contributed by atoms with Crippen LogP contribution in [0.15, 0.2) is 18.2 Å². The molecule has 19 heavy (non-hydrogen) atoms. The Hall–Kier alpha value is -1.17. The van der Waals surface area contributed by atoms with E-state index < -0.39 is 5.60 Å². The SMILES string of the molecule is COc1ccc(C(N)=S)cc1CN(C)CC(C)(C)O. The van der Waals surface area contributed by atoms with Gasteiger partial charge in [0.15, 0.2) is 0 Å². The molecule has 1 aromatic rings. The van der Waals surface area contributed by atoms with Crippen molar-refractivity contribution >= 4 is 17.2 Å². The van der Waals surface area contributed by atoms with Gasteiger partial charge < -0.3 is 15.6 Å². The van der Waals surface area contributed by atoms with Crippen LogP contribution in [0.3, 0.4) is 0 Å². The zero-order valence-corrected chi connectivity index (χ0v) is 12.8. The van der Waals surface area contributed by atoms with Crippen molar-refractivity contribution in [2.75, 3.05) is 20.7 Å². The fourth-order valence-electron chi connectivity index (χ4n) is 2.06. The molecule has 0 aliphatic heterocycles. The summed E-state index contributed by atoms with van der Waals surface area (Å²) in [5, 5.41) is 9.82. The van der Waals surface area contributed by atoms with Crippen LogP contribution in [-0.2, 0) is 6.54 Å². The zero-order chi connectivity index (χ0) is 14.6. The van der Waals surface area contributed by atoms with Crippen LogP contribution < -0.4 is 10.5 Å². The summed E-state index contributed by atoms with van der Waals surface area (Å²) in [6.45, 7) is 4.79. The summed E-state index contributed by atoms with van der Waals surface area (Å²) in [5.74, 6) is 0.794. The fourth-order valence-corrected chi connectivity index (χ4v) is 2.19. The summed E-state index contributed by atoms with van der Waals surface area (Å²) in [4.78, 5) is 2.40. The van der Waals surface area contributed by atoms with Crippen molar-refractivity contribution in [2.45, 2.75) is 26.0 Å². The second-order valence-electron chi connectivity index (χ2n) is 5.38. The summed E-state index contributed by atoms with van der Waals surface area (Å²) in [7, 11) is 3.58. The van der Waals surface area contributed by atoms with Crippen molar-refractivity contribution in [1.82, 2.24) is 4.90 Å².